The van der Waals surface area contributed by atoms with E-state index in [1.165, 1.54) is 62.6 Å². The summed E-state index contributed by atoms with van der Waals surface area (Å²) in [5, 5.41) is 6.88. The molecule has 0 saturated carbocycles. The van der Waals surface area contributed by atoms with Gasteiger partial charge in [-0.2, -0.15) is 0 Å². The van der Waals surface area contributed by atoms with Gasteiger partial charge in [0, 0.05) is 6.54 Å². The van der Waals surface area contributed by atoms with E-state index in [0.29, 0.717) is 0 Å². The van der Waals surface area contributed by atoms with Crippen LogP contribution in [0.4, 0.5) is 0 Å². The molecule has 0 aliphatic heterocycles. The Bertz CT molecular complexity index is 372. The number of likely N-dealkylation sites (N-methyl/N-ethyl adjacent to an activating group) is 1. The Morgan fingerprint density at radius 3 is 2.26 bits per heavy atom. The molecule has 2 heteroatoms. The Labute approximate surface area is 144 Å². The van der Waals surface area contributed by atoms with Gasteiger partial charge >= 0.3 is 0 Å². The molecule has 1 aromatic carbocycles. The predicted octanol–water partition coefficient (Wildman–Crippen LogP) is 4.92. The smallest absolute Gasteiger partial charge is 0.0205 e. The van der Waals surface area contributed by atoms with Crippen molar-refractivity contribution in [1.29, 1.82) is 0 Å². The van der Waals surface area contributed by atoms with Crippen molar-refractivity contribution in [2.45, 2.75) is 71.8 Å². The third kappa shape index (κ3) is 9.78. The molecule has 0 spiro atoms. The largest absolute Gasteiger partial charge is 0.319 e. The number of hydrogen-bond donors (Lipinski definition) is 2. The van der Waals surface area contributed by atoms with Gasteiger partial charge in [0.05, 0.1) is 0 Å². The number of nitrogens with one attached hydrogen (secondary N) is 2. The molecule has 0 aliphatic carbocycles. The Morgan fingerprint density at radius 1 is 0.870 bits per heavy atom. The normalized spacial score (nSPS) is 12.5. The number of benzene rings is 1. The van der Waals surface area contributed by atoms with E-state index < -0.39 is 0 Å². The maximum atomic E-state index is 3.68. The van der Waals surface area contributed by atoms with Crippen molar-refractivity contribution in [3.8, 4) is 0 Å². The van der Waals surface area contributed by atoms with E-state index >= 15 is 0 Å². The fraction of sp³-hybridized carbons (Fsp3) is 0.714. The molecule has 1 aromatic rings. The van der Waals surface area contributed by atoms with Crippen LogP contribution in [0, 0.1) is 5.92 Å². The van der Waals surface area contributed by atoms with Gasteiger partial charge in [-0.1, -0.05) is 70.2 Å². The minimum Gasteiger partial charge on any atom is -0.319 e. The van der Waals surface area contributed by atoms with Crippen molar-refractivity contribution in [2.75, 3.05) is 20.1 Å². The molecule has 2 N–H and O–H groups in total. The average Bonchev–Trinajstić information content (AvgIpc) is 2.58. The molecule has 0 aliphatic rings. The number of unbranched alkanes of at least 4 members (excludes halogenated alkanes) is 3. The van der Waals surface area contributed by atoms with E-state index in [0.717, 1.165) is 25.4 Å². The summed E-state index contributed by atoms with van der Waals surface area (Å²) in [6.07, 6.45) is 10.7. The Morgan fingerprint density at radius 2 is 1.61 bits per heavy atom. The van der Waals surface area contributed by atoms with E-state index in [1.807, 2.05) is 7.05 Å². The van der Waals surface area contributed by atoms with E-state index in [-0.39, 0.29) is 0 Å². The molecule has 1 rings (SSSR count). The van der Waals surface area contributed by atoms with E-state index in [9.17, 15) is 0 Å². The van der Waals surface area contributed by atoms with Crippen LogP contribution in [0.5, 0.6) is 0 Å². The molecule has 23 heavy (non-hydrogen) atoms. The van der Waals surface area contributed by atoms with E-state index in [1.54, 1.807) is 0 Å². The maximum Gasteiger partial charge on any atom is 0.0205 e. The summed E-state index contributed by atoms with van der Waals surface area (Å²) in [7, 11) is 2.01. The maximum absolute atomic E-state index is 3.68. The van der Waals surface area contributed by atoms with Gasteiger partial charge in [-0.15, -0.1) is 0 Å². The summed E-state index contributed by atoms with van der Waals surface area (Å²) in [6, 6.07) is 9.08. The second-order valence-electron chi connectivity index (χ2n) is 6.80. The third-order valence-corrected chi connectivity index (χ3v) is 4.61. The van der Waals surface area contributed by atoms with Gasteiger partial charge in [0.15, 0.2) is 0 Å². The summed E-state index contributed by atoms with van der Waals surface area (Å²) >= 11 is 0. The summed E-state index contributed by atoms with van der Waals surface area (Å²) in [5.41, 5.74) is 2.82. The topological polar surface area (TPSA) is 24.1 Å². The highest BCUT2D eigenvalue weighted by Crippen LogP contribution is 2.16. The van der Waals surface area contributed by atoms with Gasteiger partial charge < -0.3 is 10.6 Å². The lowest BCUT2D eigenvalue weighted by Gasteiger charge is -2.17. The zero-order valence-electron chi connectivity index (χ0n) is 15.7. The van der Waals surface area contributed by atoms with Crippen molar-refractivity contribution in [3.05, 3.63) is 35.4 Å². The summed E-state index contributed by atoms with van der Waals surface area (Å²) in [5.74, 6) is 0.853. The molecule has 0 amide bonds. The van der Waals surface area contributed by atoms with Crippen LogP contribution < -0.4 is 10.6 Å². The molecule has 1 atom stereocenters. The van der Waals surface area contributed by atoms with Gasteiger partial charge in [0.25, 0.3) is 0 Å². The molecule has 1 unspecified atom stereocenters. The van der Waals surface area contributed by atoms with Crippen LogP contribution in [0.15, 0.2) is 24.3 Å². The van der Waals surface area contributed by atoms with Crippen LogP contribution in [-0.2, 0) is 13.0 Å². The molecule has 132 valence electrons. The third-order valence-electron chi connectivity index (χ3n) is 4.61. The Kier molecular flexibility index (Phi) is 11.9. The van der Waals surface area contributed by atoms with Gasteiger partial charge in [-0.3, -0.25) is 0 Å². The zero-order valence-corrected chi connectivity index (χ0v) is 15.7. The van der Waals surface area contributed by atoms with Crippen LogP contribution in [0.2, 0.25) is 0 Å². The molecule has 0 saturated heterocycles. The predicted molar refractivity (Wildman–Crippen MR) is 103 cm³/mol. The molecule has 0 aromatic heterocycles. The highest BCUT2D eigenvalue weighted by molar-refractivity contribution is 5.22. The molecule has 0 heterocycles. The fourth-order valence-corrected chi connectivity index (χ4v) is 3.13. The molecule has 0 radical (unpaired) electrons. The highest BCUT2D eigenvalue weighted by atomic mass is 14.9. The molecule has 0 bridgehead atoms. The van der Waals surface area contributed by atoms with Crippen molar-refractivity contribution >= 4 is 0 Å². The second kappa shape index (κ2) is 13.6. The molecular weight excluding hydrogens is 280 g/mol. The van der Waals surface area contributed by atoms with Gasteiger partial charge in [-0.25, -0.2) is 0 Å². The Balaban J connectivity index is 2.26. The quantitative estimate of drug-likeness (QED) is 0.476. The first-order chi connectivity index (χ1) is 11.3. The fourth-order valence-electron chi connectivity index (χ4n) is 3.13. The number of rotatable bonds is 14. The first-order valence-corrected chi connectivity index (χ1v) is 9.73. The van der Waals surface area contributed by atoms with E-state index in [4.69, 9.17) is 0 Å². The van der Waals surface area contributed by atoms with Crippen molar-refractivity contribution in [3.63, 3.8) is 0 Å². The highest BCUT2D eigenvalue weighted by Gasteiger charge is 2.07. The van der Waals surface area contributed by atoms with Crippen molar-refractivity contribution in [2.24, 2.45) is 5.92 Å². The second-order valence-corrected chi connectivity index (χ2v) is 6.80. The van der Waals surface area contributed by atoms with Gasteiger partial charge in [0.2, 0.25) is 0 Å². The standard InChI is InChI=1S/C21H38N2/c1-4-6-7-8-10-20(9-5-2)17-23-18-21-13-11-19(12-14-21)15-16-22-3/h11-14,20,22-23H,4-10,15-18H2,1-3H3. The lowest BCUT2D eigenvalue weighted by atomic mass is 9.96. The average molecular weight is 319 g/mol. The minimum atomic E-state index is 0.853. The lowest BCUT2D eigenvalue weighted by molar-refractivity contribution is 0.395. The van der Waals surface area contributed by atoms with Crippen molar-refractivity contribution < 1.29 is 0 Å². The summed E-state index contributed by atoms with van der Waals surface area (Å²) in [4.78, 5) is 0. The molecular formula is C21H38N2. The van der Waals surface area contributed by atoms with Gasteiger partial charge in [0.1, 0.15) is 0 Å². The van der Waals surface area contributed by atoms with E-state index in [2.05, 4.69) is 48.7 Å². The van der Waals surface area contributed by atoms with Crippen LogP contribution in [0.3, 0.4) is 0 Å². The SMILES string of the molecule is CCCCCCC(CCC)CNCc1ccc(CCNC)cc1. The van der Waals surface area contributed by atoms with Crippen LogP contribution in [0.25, 0.3) is 0 Å². The number of hydrogen-bond acceptors (Lipinski definition) is 2. The molecule has 2 nitrogen and oxygen atoms in total. The van der Waals surface area contributed by atoms with Gasteiger partial charge in [-0.05, 0) is 56.4 Å². The van der Waals surface area contributed by atoms with Crippen molar-refractivity contribution in [1.82, 2.24) is 10.6 Å². The summed E-state index contributed by atoms with van der Waals surface area (Å²) < 4.78 is 0. The van der Waals surface area contributed by atoms with Crippen LogP contribution in [-0.4, -0.2) is 20.1 Å². The first-order valence-electron chi connectivity index (χ1n) is 9.73. The monoisotopic (exact) mass is 318 g/mol. The summed E-state index contributed by atoms with van der Waals surface area (Å²) in [6.45, 7) is 7.81. The Hall–Kier alpha value is -0.860. The van der Waals surface area contributed by atoms with Crippen LogP contribution >= 0.6 is 0 Å². The first kappa shape index (κ1) is 20.2. The minimum absolute atomic E-state index is 0.853. The zero-order chi connectivity index (χ0) is 16.8. The molecule has 0 fully saturated rings. The lowest BCUT2D eigenvalue weighted by Crippen LogP contribution is -2.22. The van der Waals surface area contributed by atoms with Crippen LogP contribution in [0.1, 0.15) is 69.9 Å².